The first-order chi connectivity index (χ1) is 9.29. The largest absolute Gasteiger partial charge is 0.370 e. The lowest BCUT2D eigenvalue weighted by atomic mass is 10.2. The monoisotopic (exact) mass is 392 g/mol. The zero-order valence-electron chi connectivity index (χ0n) is 12.0. The van der Waals surface area contributed by atoms with Crippen LogP contribution in [0.4, 0.5) is 0 Å². The van der Waals surface area contributed by atoms with Crippen LogP contribution >= 0.6 is 24.0 Å². The second kappa shape index (κ2) is 9.17. The number of aliphatic imine (C=N–C) groups is 1. The summed E-state index contributed by atoms with van der Waals surface area (Å²) in [6.45, 7) is 6.85. The maximum Gasteiger partial charge on any atom is 0.188 e. The van der Waals surface area contributed by atoms with Gasteiger partial charge in [0.1, 0.15) is 0 Å². The van der Waals surface area contributed by atoms with E-state index >= 15 is 0 Å². The number of likely N-dealkylation sites (tertiary alicyclic amines) is 1. The standard InChI is InChI=1S/C13H24N6.HI/c1-2-18-8-3-5-12(18)11-16-13(14)15-7-10-19-9-4-6-17-19;/h4,6,9,12H,2-3,5,7-8,10-11H2,1H3,(H3,14,15,16);1H. The number of halogens is 1. The van der Waals surface area contributed by atoms with E-state index in [4.69, 9.17) is 5.73 Å². The molecule has 1 atom stereocenters. The lowest BCUT2D eigenvalue weighted by molar-refractivity contribution is 0.273. The Bertz CT molecular complexity index is 392. The van der Waals surface area contributed by atoms with Crippen molar-refractivity contribution in [2.24, 2.45) is 10.7 Å². The number of nitrogens with zero attached hydrogens (tertiary/aromatic N) is 4. The molecule has 3 N–H and O–H groups in total. The Balaban J connectivity index is 0.00000200. The summed E-state index contributed by atoms with van der Waals surface area (Å²) < 4.78 is 1.87. The van der Waals surface area contributed by atoms with Gasteiger partial charge >= 0.3 is 0 Å². The molecule has 6 nitrogen and oxygen atoms in total. The first-order valence-electron chi connectivity index (χ1n) is 7.05. The summed E-state index contributed by atoms with van der Waals surface area (Å²) in [4.78, 5) is 6.91. The summed E-state index contributed by atoms with van der Waals surface area (Å²) in [5, 5.41) is 7.26. The molecule has 0 spiro atoms. The van der Waals surface area contributed by atoms with Crippen LogP contribution in [0.2, 0.25) is 0 Å². The lowest BCUT2D eigenvalue weighted by Crippen LogP contribution is -2.37. The van der Waals surface area contributed by atoms with Crippen molar-refractivity contribution in [1.29, 1.82) is 0 Å². The van der Waals surface area contributed by atoms with E-state index in [1.807, 2.05) is 16.9 Å². The zero-order valence-corrected chi connectivity index (χ0v) is 14.4. The summed E-state index contributed by atoms with van der Waals surface area (Å²) in [5.41, 5.74) is 5.87. The molecule has 7 heteroatoms. The average molecular weight is 392 g/mol. The number of aromatic nitrogens is 2. The Labute approximate surface area is 137 Å². The minimum Gasteiger partial charge on any atom is -0.370 e. The van der Waals surface area contributed by atoms with Crippen LogP contribution in [0.1, 0.15) is 19.8 Å². The van der Waals surface area contributed by atoms with Gasteiger partial charge in [0.15, 0.2) is 5.96 Å². The molecule has 1 aliphatic rings. The summed E-state index contributed by atoms with van der Waals surface area (Å²) >= 11 is 0. The molecule has 1 unspecified atom stereocenters. The number of hydrogen-bond acceptors (Lipinski definition) is 3. The summed E-state index contributed by atoms with van der Waals surface area (Å²) in [6, 6.07) is 2.48. The van der Waals surface area contributed by atoms with Gasteiger partial charge in [0.25, 0.3) is 0 Å². The zero-order chi connectivity index (χ0) is 13.5. The predicted octanol–water partition coefficient (Wildman–Crippen LogP) is 0.890. The second-order valence-electron chi connectivity index (χ2n) is 4.85. The summed E-state index contributed by atoms with van der Waals surface area (Å²) in [5.74, 6) is 0.537. The minimum atomic E-state index is 0. The van der Waals surface area contributed by atoms with E-state index in [2.05, 4.69) is 27.2 Å². The van der Waals surface area contributed by atoms with E-state index in [9.17, 15) is 0 Å². The minimum absolute atomic E-state index is 0. The molecular weight excluding hydrogens is 367 g/mol. The van der Waals surface area contributed by atoms with Crippen LogP contribution in [0.25, 0.3) is 0 Å². The molecule has 1 aromatic rings. The molecule has 114 valence electrons. The lowest BCUT2D eigenvalue weighted by Gasteiger charge is -2.20. The van der Waals surface area contributed by atoms with Crippen molar-refractivity contribution in [1.82, 2.24) is 20.0 Å². The number of rotatable bonds is 6. The van der Waals surface area contributed by atoms with Gasteiger partial charge < -0.3 is 11.1 Å². The SMILES string of the molecule is CCN1CCCC1CN=C(N)NCCn1cccn1.I. The molecule has 0 bridgehead atoms. The van der Waals surface area contributed by atoms with Gasteiger partial charge in [-0.3, -0.25) is 14.6 Å². The van der Waals surface area contributed by atoms with Gasteiger partial charge in [-0.05, 0) is 32.0 Å². The third-order valence-electron chi connectivity index (χ3n) is 3.58. The highest BCUT2D eigenvalue weighted by atomic mass is 127. The van der Waals surface area contributed by atoms with E-state index < -0.39 is 0 Å². The maximum atomic E-state index is 5.87. The van der Waals surface area contributed by atoms with Crippen LogP contribution in [0.15, 0.2) is 23.5 Å². The molecule has 1 aliphatic heterocycles. The normalized spacial score (nSPS) is 19.9. The molecule has 0 saturated carbocycles. The number of hydrogen-bond donors (Lipinski definition) is 2. The highest BCUT2D eigenvalue weighted by molar-refractivity contribution is 14.0. The molecule has 20 heavy (non-hydrogen) atoms. The Hall–Kier alpha value is -0.830. The molecule has 0 aliphatic carbocycles. The fourth-order valence-corrected chi connectivity index (χ4v) is 2.51. The van der Waals surface area contributed by atoms with Crippen LogP contribution in [0.5, 0.6) is 0 Å². The number of guanidine groups is 1. The van der Waals surface area contributed by atoms with Crippen LogP contribution < -0.4 is 11.1 Å². The van der Waals surface area contributed by atoms with Gasteiger partial charge in [-0.15, -0.1) is 24.0 Å². The van der Waals surface area contributed by atoms with Crippen molar-refractivity contribution in [3.63, 3.8) is 0 Å². The first-order valence-corrected chi connectivity index (χ1v) is 7.05. The molecule has 1 saturated heterocycles. The van der Waals surface area contributed by atoms with Crippen LogP contribution in [-0.2, 0) is 6.54 Å². The van der Waals surface area contributed by atoms with Crippen molar-refractivity contribution in [2.75, 3.05) is 26.2 Å². The first kappa shape index (κ1) is 17.2. The Morgan fingerprint density at radius 3 is 3.10 bits per heavy atom. The van der Waals surface area contributed by atoms with E-state index in [-0.39, 0.29) is 24.0 Å². The Kier molecular flexibility index (Phi) is 7.90. The molecule has 1 fully saturated rings. The molecule has 1 aromatic heterocycles. The van der Waals surface area contributed by atoms with Crippen molar-refractivity contribution in [2.45, 2.75) is 32.4 Å². The van der Waals surface area contributed by atoms with E-state index in [0.29, 0.717) is 12.0 Å². The fourth-order valence-electron chi connectivity index (χ4n) is 2.51. The van der Waals surface area contributed by atoms with Gasteiger partial charge in [-0.1, -0.05) is 6.92 Å². The van der Waals surface area contributed by atoms with E-state index in [1.165, 1.54) is 19.4 Å². The number of nitrogens with two attached hydrogens (primary N) is 1. The molecule has 0 aromatic carbocycles. The van der Waals surface area contributed by atoms with E-state index in [0.717, 1.165) is 26.2 Å². The van der Waals surface area contributed by atoms with Crippen molar-refractivity contribution < 1.29 is 0 Å². The van der Waals surface area contributed by atoms with Gasteiger partial charge in [0.2, 0.25) is 0 Å². The molecule has 2 rings (SSSR count). The van der Waals surface area contributed by atoms with Gasteiger partial charge in [-0.2, -0.15) is 5.10 Å². The predicted molar refractivity (Wildman–Crippen MR) is 92.4 cm³/mol. The number of likely N-dealkylation sites (N-methyl/N-ethyl adjacent to an activating group) is 1. The van der Waals surface area contributed by atoms with Gasteiger partial charge in [-0.25, -0.2) is 0 Å². The van der Waals surface area contributed by atoms with Crippen molar-refractivity contribution in [3.8, 4) is 0 Å². The molecule has 0 radical (unpaired) electrons. The van der Waals surface area contributed by atoms with Gasteiger partial charge in [0.05, 0.1) is 13.1 Å². The third kappa shape index (κ3) is 5.28. The maximum absolute atomic E-state index is 5.87. The molecule has 2 heterocycles. The van der Waals surface area contributed by atoms with Crippen LogP contribution in [0, 0.1) is 0 Å². The highest BCUT2D eigenvalue weighted by Crippen LogP contribution is 2.16. The fraction of sp³-hybridized carbons (Fsp3) is 0.692. The number of nitrogens with one attached hydrogen (secondary N) is 1. The van der Waals surface area contributed by atoms with E-state index in [1.54, 1.807) is 6.20 Å². The topological polar surface area (TPSA) is 71.5 Å². The van der Waals surface area contributed by atoms with Crippen LogP contribution in [-0.4, -0.2) is 52.9 Å². The smallest absolute Gasteiger partial charge is 0.188 e. The van der Waals surface area contributed by atoms with Gasteiger partial charge in [0, 0.05) is 25.0 Å². The second-order valence-corrected chi connectivity index (χ2v) is 4.85. The molecular formula is C13H25IN6. The summed E-state index contributed by atoms with van der Waals surface area (Å²) in [6.07, 6.45) is 6.22. The Morgan fingerprint density at radius 2 is 2.40 bits per heavy atom. The van der Waals surface area contributed by atoms with Crippen molar-refractivity contribution >= 4 is 29.9 Å². The average Bonchev–Trinajstić information content (AvgIpc) is 3.07. The Morgan fingerprint density at radius 1 is 1.55 bits per heavy atom. The van der Waals surface area contributed by atoms with Crippen LogP contribution in [0.3, 0.4) is 0 Å². The quantitative estimate of drug-likeness (QED) is 0.429. The molecule has 0 amide bonds. The van der Waals surface area contributed by atoms with Crippen molar-refractivity contribution in [3.05, 3.63) is 18.5 Å². The third-order valence-corrected chi connectivity index (χ3v) is 3.58. The highest BCUT2D eigenvalue weighted by Gasteiger charge is 2.22. The summed E-state index contributed by atoms with van der Waals surface area (Å²) in [7, 11) is 0.